The molecule has 0 aliphatic carbocycles. The van der Waals surface area contributed by atoms with E-state index in [-0.39, 0.29) is 6.61 Å². The quantitative estimate of drug-likeness (QED) is 0.394. The largest absolute Gasteiger partial charge is 0.482 e. The Kier molecular flexibility index (Phi) is 7.92. The second-order valence-corrected chi connectivity index (χ2v) is 8.96. The summed E-state index contributed by atoms with van der Waals surface area (Å²) < 4.78 is 5.43. The number of nitrogens with two attached hydrogens (primary N) is 1. The molecule has 1 amide bonds. The third-order valence-corrected chi connectivity index (χ3v) is 6.25. The van der Waals surface area contributed by atoms with E-state index in [9.17, 15) is 4.79 Å². The van der Waals surface area contributed by atoms with Crippen LogP contribution in [0.25, 0.3) is 0 Å². The van der Waals surface area contributed by atoms with Gasteiger partial charge in [0.25, 0.3) is 5.91 Å². The summed E-state index contributed by atoms with van der Waals surface area (Å²) in [5.74, 6) is 1.56. The zero-order chi connectivity index (χ0) is 23.9. The number of carbonyl (C=O) groups is 1. The normalized spacial score (nSPS) is 14.0. The molecule has 8 nitrogen and oxygen atoms in total. The van der Waals surface area contributed by atoms with Crippen molar-refractivity contribution < 1.29 is 9.53 Å². The standard InChI is InChI=1S/C24H26Cl2N6O2/c25-18-6-7-20(19(26)13-18)34-14-21(33)30-31-23-22(27)24(29-15-28-23)32-10-8-17(9-11-32)12-16-4-2-1-3-5-16/h1-7,13,15,17H,8-12,14,27H2,(H,30,33)(H,28,29,31). The Hall–Kier alpha value is -3.23. The van der Waals surface area contributed by atoms with Gasteiger partial charge < -0.3 is 15.4 Å². The van der Waals surface area contributed by atoms with E-state index in [1.807, 2.05) is 6.07 Å². The second kappa shape index (κ2) is 11.3. The molecule has 2 heterocycles. The monoisotopic (exact) mass is 500 g/mol. The predicted molar refractivity (Wildman–Crippen MR) is 135 cm³/mol. The average molecular weight is 501 g/mol. The Morgan fingerprint density at radius 1 is 1.12 bits per heavy atom. The minimum atomic E-state index is -0.424. The highest BCUT2D eigenvalue weighted by atomic mass is 35.5. The van der Waals surface area contributed by atoms with Crippen molar-refractivity contribution in [1.29, 1.82) is 0 Å². The van der Waals surface area contributed by atoms with Crippen molar-refractivity contribution in [3.05, 3.63) is 70.5 Å². The maximum absolute atomic E-state index is 12.2. The number of aromatic nitrogens is 2. The van der Waals surface area contributed by atoms with Gasteiger partial charge in [-0.3, -0.25) is 15.6 Å². The summed E-state index contributed by atoms with van der Waals surface area (Å²) in [5, 5.41) is 0.810. The molecule has 1 saturated heterocycles. The van der Waals surface area contributed by atoms with Crippen molar-refractivity contribution in [2.24, 2.45) is 5.92 Å². The van der Waals surface area contributed by atoms with E-state index in [0.717, 1.165) is 32.4 Å². The molecule has 178 valence electrons. The van der Waals surface area contributed by atoms with Gasteiger partial charge in [0, 0.05) is 18.1 Å². The minimum Gasteiger partial charge on any atom is -0.482 e. The Labute approximate surface area is 208 Å². The second-order valence-electron chi connectivity index (χ2n) is 8.12. The van der Waals surface area contributed by atoms with Gasteiger partial charge in [-0.05, 0) is 48.9 Å². The number of benzene rings is 2. The zero-order valence-electron chi connectivity index (χ0n) is 18.5. The fourth-order valence-electron chi connectivity index (χ4n) is 3.93. The molecule has 0 bridgehead atoms. The summed E-state index contributed by atoms with van der Waals surface area (Å²) in [6.07, 6.45) is 4.63. The Morgan fingerprint density at radius 3 is 2.62 bits per heavy atom. The number of ether oxygens (including phenoxy) is 1. The minimum absolute atomic E-state index is 0.249. The van der Waals surface area contributed by atoms with Crippen LogP contribution in [0.3, 0.4) is 0 Å². The number of hydrazine groups is 1. The van der Waals surface area contributed by atoms with Crippen LogP contribution in [-0.4, -0.2) is 35.6 Å². The number of hydrogen-bond donors (Lipinski definition) is 3. The fraction of sp³-hybridized carbons (Fsp3) is 0.292. The molecule has 3 aromatic rings. The Balaban J connectivity index is 1.28. The molecular formula is C24H26Cl2N6O2. The molecule has 0 atom stereocenters. The topological polar surface area (TPSA) is 105 Å². The molecule has 0 spiro atoms. The lowest BCUT2D eigenvalue weighted by Gasteiger charge is -2.33. The van der Waals surface area contributed by atoms with Crippen molar-refractivity contribution in [2.75, 3.05) is 35.8 Å². The van der Waals surface area contributed by atoms with Crippen molar-refractivity contribution in [3.63, 3.8) is 0 Å². The van der Waals surface area contributed by atoms with Crippen LogP contribution in [0.2, 0.25) is 10.0 Å². The summed E-state index contributed by atoms with van der Waals surface area (Å²) in [6, 6.07) is 15.3. The number of amides is 1. The van der Waals surface area contributed by atoms with E-state index >= 15 is 0 Å². The highest BCUT2D eigenvalue weighted by Crippen LogP contribution is 2.30. The molecule has 4 N–H and O–H groups in total. The molecule has 34 heavy (non-hydrogen) atoms. The highest BCUT2D eigenvalue weighted by Gasteiger charge is 2.23. The number of halogens is 2. The van der Waals surface area contributed by atoms with Gasteiger partial charge in [-0.2, -0.15) is 0 Å². The molecule has 4 rings (SSSR count). The Bertz CT molecular complexity index is 1120. The lowest BCUT2D eigenvalue weighted by molar-refractivity contribution is -0.122. The van der Waals surface area contributed by atoms with Crippen LogP contribution in [0.4, 0.5) is 17.3 Å². The number of carbonyl (C=O) groups excluding carboxylic acids is 1. The number of rotatable bonds is 8. The van der Waals surface area contributed by atoms with Gasteiger partial charge in [0.15, 0.2) is 18.2 Å². The van der Waals surface area contributed by atoms with Crippen LogP contribution < -0.4 is 26.2 Å². The van der Waals surface area contributed by atoms with E-state index in [1.165, 1.54) is 11.9 Å². The summed E-state index contributed by atoms with van der Waals surface area (Å²) >= 11 is 11.9. The molecular weight excluding hydrogens is 475 g/mol. The van der Waals surface area contributed by atoms with Gasteiger partial charge >= 0.3 is 0 Å². The molecule has 1 aromatic heterocycles. The van der Waals surface area contributed by atoms with Gasteiger partial charge in [0.1, 0.15) is 17.8 Å². The molecule has 0 saturated carbocycles. The number of nitrogen functional groups attached to an aromatic ring is 1. The fourth-order valence-corrected chi connectivity index (χ4v) is 4.40. The summed E-state index contributed by atoms with van der Waals surface area (Å²) in [4.78, 5) is 22.9. The van der Waals surface area contributed by atoms with Gasteiger partial charge in [0.05, 0.1) is 5.02 Å². The van der Waals surface area contributed by atoms with Gasteiger partial charge in [0.2, 0.25) is 0 Å². The first kappa shape index (κ1) is 23.9. The van der Waals surface area contributed by atoms with E-state index in [0.29, 0.717) is 39.0 Å². The first-order chi connectivity index (χ1) is 16.5. The number of nitrogens with zero attached hydrogens (tertiary/aromatic N) is 3. The van der Waals surface area contributed by atoms with Crippen LogP contribution in [0.1, 0.15) is 18.4 Å². The molecule has 10 heteroatoms. The van der Waals surface area contributed by atoms with Crippen molar-refractivity contribution in [1.82, 2.24) is 15.4 Å². The third kappa shape index (κ3) is 6.21. The number of nitrogens with one attached hydrogen (secondary N) is 2. The average Bonchev–Trinajstić information content (AvgIpc) is 2.84. The van der Waals surface area contributed by atoms with Gasteiger partial charge in [-0.25, -0.2) is 9.97 Å². The lowest BCUT2D eigenvalue weighted by Crippen LogP contribution is -2.36. The molecule has 1 aliphatic rings. The van der Waals surface area contributed by atoms with Crippen molar-refractivity contribution >= 4 is 46.4 Å². The van der Waals surface area contributed by atoms with Crippen LogP contribution in [0, 0.1) is 5.92 Å². The van der Waals surface area contributed by atoms with E-state index in [2.05, 4.69) is 50.0 Å². The first-order valence-electron chi connectivity index (χ1n) is 11.0. The van der Waals surface area contributed by atoms with E-state index in [1.54, 1.807) is 18.2 Å². The first-order valence-corrected chi connectivity index (χ1v) is 11.8. The lowest BCUT2D eigenvalue weighted by atomic mass is 9.90. The van der Waals surface area contributed by atoms with Gasteiger partial charge in [-0.1, -0.05) is 53.5 Å². The number of hydrogen-bond acceptors (Lipinski definition) is 7. The molecule has 1 fully saturated rings. The molecule has 0 unspecified atom stereocenters. The number of piperidine rings is 1. The predicted octanol–water partition coefficient (Wildman–Crippen LogP) is 4.35. The van der Waals surface area contributed by atoms with Crippen LogP contribution >= 0.6 is 23.2 Å². The van der Waals surface area contributed by atoms with E-state index < -0.39 is 5.91 Å². The van der Waals surface area contributed by atoms with Crippen molar-refractivity contribution in [2.45, 2.75) is 19.3 Å². The van der Waals surface area contributed by atoms with Crippen molar-refractivity contribution in [3.8, 4) is 5.75 Å². The SMILES string of the molecule is Nc1c(NNC(=O)COc2ccc(Cl)cc2Cl)ncnc1N1CCC(Cc2ccccc2)CC1. The summed E-state index contributed by atoms with van der Waals surface area (Å²) in [5.41, 5.74) is 13.4. The molecule has 2 aromatic carbocycles. The number of anilines is 3. The van der Waals surface area contributed by atoms with Crippen LogP contribution in [0.5, 0.6) is 5.75 Å². The smallest absolute Gasteiger partial charge is 0.276 e. The molecule has 0 radical (unpaired) electrons. The third-order valence-electron chi connectivity index (χ3n) is 5.72. The highest BCUT2D eigenvalue weighted by molar-refractivity contribution is 6.35. The summed E-state index contributed by atoms with van der Waals surface area (Å²) in [6.45, 7) is 1.47. The zero-order valence-corrected chi connectivity index (χ0v) is 20.0. The molecule has 1 aliphatic heterocycles. The van der Waals surface area contributed by atoms with Gasteiger partial charge in [-0.15, -0.1) is 0 Å². The maximum Gasteiger partial charge on any atom is 0.276 e. The van der Waals surface area contributed by atoms with E-state index in [4.69, 9.17) is 33.7 Å². The summed E-state index contributed by atoms with van der Waals surface area (Å²) in [7, 11) is 0. The Morgan fingerprint density at radius 2 is 1.88 bits per heavy atom. The van der Waals surface area contributed by atoms with Crippen LogP contribution in [-0.2, 0) is 11.2 Å². The maximum atomic E-state index is 12.2. The van der Waals surface area contributed by atoms with Crippen LogP contribution in [0.15, 0.2) is 54.9 Å².